The highest BCUT2D eigenvalue weighted by molar-refractivity contribution is 7.09. The minimum Gasteiger partial charge on any atom is -0.392 e. The molecule has 0 aliphatic heterocycles. The first-order valence-corrected chi connectivity index (χ1v) is 5.41. The molecular formula is C8H16N4OS. The molecule has 0 fully saturated rings. The van der Waals surface area contributed by atoms with Crippen LogP contribution in [0.15, 0.2) is 0 Å². The van der Waals surface area contributed by atoms with E-state index in [2.05, 4.69) is 14.7 Å². The molecule has 0 radical (unpaired) electrons. The third-order valence-electron chi connectivity index (χ3n) is 1.89. The number of nitrogens with one attached hydrogen (secondary N) is 1. The average Bonchev–Trinajstić information content (AvgIpc) is 2.61. The van der Waals surface area contributed by atoms with E-state index in [-0.39, 0.29) is 6.04 Å². The highest BCUT2D eigenvalue weighted by atomic mass is 32.1. The number of hydrogen-bond acceptors (Lipinski definition) is 6. The van der Waals surface area contributed by atoms with Crippen molar-refractivity contribution < 1.29 is 5.11 Å². The van der Waals surface area contributed by atoms with Crippen LogP contribution in [0, 0.1) is 0 Å². The molecule has 0 amide bonds. The zero-order valence-electron chi connectivity index (χ0n) is 8.40. The maximum atomic E-state index is 9.15. The number of hydrogen-bond donors (Lipinski definition) is 3. The summed E-state index contributed by atoms with van der Waals surface area (Å²) in [6, 6.07) is -0.274. The zero-order valence-corrected chi connectivity index (χ0v) is 9.21. The van der Waals surface area contributed by atoms with Crippen LogP contribution in [0.1, 0.15) is 19.7 Å². The Kier molecular flexibility index (Phi) is 4.24. The van der Waals surface area contributed by atoms with Crippen LogP contribution in [-0.4, -0.2) is 33.2 Å². The number of aryl methyl sites for hydroxylation is 1. The number of anilines is 1. The highest BCUT2D eigenvalue weighted by Gasteiger charge is 2.09. The van der Waals surface area contributed by atoms with Crippen molar-refractivity contribution in [1.29, 1.82) is 0 Å². The zero-order chi connectivity index (χ0) is 10.6. The van der Waals surface area contributed by atoms with E-state index in [1.54, 1.807) is 6.92 Å². The van der Waals surface area contributed by atoms with Gasteiger partial charge in [-0.1, -0.05) is 6.92 Å². The van der Waals surface area contributed by atoms with E-state index >= 15 is 0 Å². The number of nitrogens with two attached hydrogens (primary N) is 1. The van der Waals surface area contributed by atoms with Crippen LogP contribution in [0.3, 0.4) is 0 Å². The maximum absolute atomic E-state index is 9.15. The molecule has 4 N–H and O–H groups in total. The van der Waals surface area contributed by atoms with Gasteiger partial charge in [-0.2, -0.15) is 4.37 Å². The molecule has 0 spiro atoms. The molecule has 1 heterocycles. The molecule has 5 nitrogen and oxygen atoms in total. The number of aliphatic hydroxyl groups is 1. The lowest BCUT2D eigenvalue weighted by atomic mass is 10.2. The van der Waals surface area contributed by atoms with Crippen molar-refractivity contribution in [2.75, 3.05) is 11.9 Å². The molecule has 80 valence electrons. The SMILES string of the molecule is CCc1nsc(NCC(N)C(C)O)n1. The van der Waals surface area contributed by atoms with E-state index in [1.165, 1.54) is 11.5 Å². The molecule has 1 aromatic rings. The van der Waals surface area contributed by atoms with Crippen LogP contribution in [0.2, 0.25) is 0 Å². The summed E-state index contributed by atoms with van der Waals surface area (Å²) in [5.41, 5.74) is 5.65. The van der Waals surface area contributed by atoms with Crippen molar-refractivity contribution in [2.45, 2.75) is 32.4 Å². The number of aromatic nitrogens is 2. The third-order valence-corrected chi connectivity index (χ3v) is 2.60. The fraction of sp³-hybridized carbons (Fsp3) is 0.750. The predicted octanol–water partition coefficient (Wildman–Crippen LogP) is 0.221. The Bertz CT molecular complexity index is 276. The first kappa shape index (κ1) is 11.4. The van der Waals surface area contributed by atoms with Crippen LogP contribution >= 0.6 is 11.5 Å². The van der Waals surface area contributed by atoms with Crippen molar-refractivity contribution in [1.82, 2.24) is 9.36 Å². The molecule has 2 unspecified atom stereocenters. The summed E-state index contributed by atoms with van der Waals surface area (Å²) in [6.45, 7) is 4.19. The normalized spacial score (nSPS) is 15.1. The Labute approximate surface area is 87.5 Å². The standard InChI is InChI=1S/C8H16N4OS/c1-3-7-11-8(14-12-7)10-4-6(9)5(2)13/h5-6,13H,3-4,9H2,1-2H3,(H,10,11,12). The molecule has 0 saturated carbocycles. The Morgan fingerprint density at radius 1 is 1.64 bits per heavy atom. The van der Waals surface area contributed by atoms with Gasteiger partial charge in [0.2, 0.25) is 5.13 Å². The van der Waals surface area contributed by atoms with Gasteiger partial charge in [0.15, 0.2) is 0 Å². The van der Waals surface area contributed by atoms with Crippen molar-refractivity contribution >= 4 is 16.7 Å². The molecule has 0 aromatic carbocycles. The van der Waals surface area contributed by atoms with Crippen molar-refractivity contribution in [3.63, 3.8) is 0 Å². The molecule has 14 heavy (non-hydrogen) atoms. The van der Waals surface area contributed by atoms with Gasteiger partial charge in [0.25, 0.3) is 0 Å². The van der Waals surface area contributed by atoms with Crippen LogP contribution in [0.25, 0.3) is 0 Å². The Hall–Kier alpha value is -0.720. The van der Waals surface area contributed by atoms with E-state index in [1.807, 2.05) is 6.92 Å². The molecule has 6 heteroatoms. The summed E-state index contributed by atoms with van der Waals surface area (Å²) >= 11 is 1.32. The number of aliphatic hydroxyl groups excluding tert-OH is 1. The lowest BCUT2D eigenvalue weighted by Gasteiger charge is -2.14. The topological polar surface area (TPSA) is 84.1 Å². The minimum atomic E-state index is -0.513. The van der Waals surface area contributed by atoms with Gasteiger partial charge in [-0.3, -0.25) is 0 Å². The molecule has 1 rings (SSSR count). The smallest absolute Gasteiger partial charge is 0.202 e. The van der Waals surface area contributed by atoms with Crippen LogP contribution in [-0.2, 0) is 6.42 Å². The minimum absolute atomic E-state index is 0.274. The van der Waals surface area contributed by atoms with Gasteiger partial charge in [-0.05, 0) is 6.92 Å². The van der Waals surface area contributed by atoms with Gasteiger partial charge in [0.1, 0.15) is 5.82 Å². The summed E-state index contributed by atoms with van der Waals surface area (Å²) in [4.78, 5) is 4.22. The maximum Gasteiger partial charge on any atom is 0.202 e. The van der Waals surface area contributed by atoms with Gasteiger partial charge in [-0.15, -0.1) is 0 Å². The van der Waals surface area contributed by atoms with Crippen molar-refractivity contribution in [3.05, 3.63) is 5.82 Å². The second-order valence-corrected chi connectivity index (χ2v) is 3.91. The Morgan fingerprint density at radius 2 is 2.36 bits per heavy atom. The lowest BCUT2D eigenvalue weighted by molar-refractivity contribution is 0.168. The van der Waals surface area contributed by atoms with Gasteiger partial charge in [0, 0.05) is 30.5 Å². The summed E-state index contributed by atoms with van der Waals surface area (Å²) in [5, 5.41) is 13.0. The van der Waals surface area contributed by atoms with Crippen molar-refractivity contribution in [2.24, 2.45) is 5.73 Å². The molecule has 0 aliphatic carbocycles. The predicted molar refractivity (Wildman–Crippen MR) is 57.4 cm³/mol. The fourth-order valence-corrected chi connectivity index (χ4v) is 1.50. The molecule has 1 aromatic heterocycles. The van der Waals surface area contributed by atoms with Crippen LogP contribution < -0.4 is 11.1 Å². The first-order chi connectivity index (χ1) is 6.63. The van der Waals surface area contributed by atoms with Gasteiger partial charge in [-0.25, -0.2) is 4.98 Å². The number of nitrogens with zero attached hydrogens (tertiary/aromatic N) is 2. The second-order valence-electron chi connectivity index (χ2n) is 3.15. The summed E-state index contributed by atoms with van der Waals surface area (Å²) in [7, 11) is 0. The second kappa shape index (κ2) is 5.23. The van der Waals surface area contributed by atoms with E-state index < -0.39 is 6.10 Å². The van der Waals surface area contributed by atoms with Gasteiger partial charge < -0.3 is 16.2 Å². The largest absolute Gasteiger partial charge is 0.392 e. The summed E-state index contributed by atoms with van der Waals surface area (Å²) in [5.74, 6) is 0.836. The summed E-state index contributed by atoms with van der Waals surface area (Å²) in [6.07, 6.45) is 0.321. The summed E-state index contributed by atoms with van der Waals surface area (Å²) < 4.78 is 4.12. The highest BCUT2D eigenvalue weighted by Crippen LogP contribution is 2.10. The lowest BCUT2D eigenvalue weighted by Crippen LogP contribution is -2.38. The van der Waals surface area contributed by atoms with Gasteiger partial charge in [0.05, 0.1) is 6.10 Å². The quantitative estimate of drug-likeness (QED) is 0.655. The van der Waals surface area contributed by atoms with E-state index in [4.69, 9.17) is 10.8 Å². The Morgan fingerprint density at radius 3 is 2.86 bits per heavy atom. The number of rotatable bonds is 5. The van der Waals surface area contributed by atoms with E-state index in [0.29, 0.717) is 6.54 Å². The molecule has 2 atom stereocenters. The molecule has 0 saturated heterocycles. The van der Waals surface area contributed by atoms with Gasteiger partial charge >= 0.3 is 0 Å². The van der Waals surface area contributed by atoms with E-state index in [9.17, 15) is 0 Å². The molecule has 0 aliphatic rings. The molecular weight excluding hydrogens is 200 g/mol. The average molecular weight is 216 g/mol. The van der Waals surface area contributed by atoms with E-state index in [0.717, 1.165) is 17.4 Å². The molecule has 0 bridgehead atoms. The van der Waals surface area contributed by atoms with Crippen LogP contribution in [0.4, 0.5) is 5.13 Å². The third kappa shape index (κ3) is 3.21. The van der Waals surface area contributed by atoms with Crippen molar-refractivity contribution in [3.8, 4) is 0 Å². The first-order valence-electron chi connectivity index (χ1n) is 4.63. The monoisotopic (exact) mass is 216 g/mol. The Balaban J connectivity index is 2.37. The fourth-order valence-electron chi connectivity index (χ4n) is 0.845. The van der Waals surface area contributed by atoms with Crippen LogP contribution in [0.5, 0.6) is 0 Å².